The molecule has 0 heterocycles. The van der Waals surface area contributed by atoms with Gasteiger partial charge < -0.3 is 10.4 Å². The van der Waals surface area contributed by atoms with Crippen LogP contribution in [0.1, 0.15) is 32.6 Å². The monoisotopic (exact) mass is 342 g/mol. The van der Waals surface area contributed by atoms with E-state index in [0.29, 0.717) is 12.2 Å². The quantitative estimate of drug-likeness (QED) is 0.628. The number of anilines is 1. The van der Waals surface area contributed by atoms with E-state index in [1.54, 1.807) is 0 Å². The molecular formula is C15H22N2O5S. The highest BCUT2D eigenvalue weighted by atomic mass is 32.2. The second-order valence-electron chi connectivity index (χ2n) is 6.48. The topological polar surface area (TPSA) is 110 Å². The summed E-state index contributed by atoms with van der Waals surface area (Å²) in [6.45, 7) is 2.47. The Labute approximate surface area is 135 Å². The molecule has 0 amide bonds. The highest BCUT2D eigenvalue weighted by Crippen LogP contribution is 2.36. The molecule has 0 radical (unpaired) electrons. The number of nitro groups is 1. The van der Waals surface area contributed by atoms with Crippen LogP contribution in [0, 0.1) is 15.5 Å². The molecule has 8 heteroatoms. The van der Waals surface area contributed by atoms with E-state index in [1.807, 2.05) is 6.92 Å². The number of sulfone groups is 1. The molecule has 0 spiro atoms. The molecule has 1 saturated carbocycles. The van der Waals surface area contributed by atoms with Gasteiger partial charge in [0.05, 0.1) is 11.0 Å². The Morgan fingerprint density at radius 1 is 1.43 bits per heavy atom. The lowest BCUT2D eigenvalue weighted by Crippen LogP contribution is -2.41. The molecule has 2 atom stereocenters. The molecule has 2 unspecified atom stereocenters. The van der Waals surface area contributed by atoms with Crippen LogP contribution >= 0.6 is 0 Å². The van der Waals surface area contributed by atoms with Crippen LogP contribution in [0.2, 0.25) is 0 Å². The molecular weight excluding hydrogens is 320 g/mol. The van der Waals surface area contributed by atoms with Gasteiger partial charge >= 0.3 is 0 Å². The smallest absolute Gasteiger partial charge is 0.288 e. The fourth-order valence-electron chi connectivity index (χ4n) is 2.96. The van der Waals surface area contributed by atoms with E-state index in [1.165, 1.54) is 18.2 Å². The molecule has 1 aromatic carbocycles. The second-order valence-corrected chi connectivity index (χ2v) is 8.47. The maximum Gasteiger partial charge on any atom is 0.288 e. The summed E-state index contributed by atoms with van der Waals surface area (Å²) < 4.78 is 23.5. The average Bonchev–Trinajstić information content (AvgIpc) is 2.47. The first-order chi connectivity index (χ1) is 10.6. The van der Waals surface area contributed by atoms with Crippen LogP contribution in [0.5, 0.6) is 0 Å². The number of aliphatic hydroxyl groups is 1. The van der Waals surface area contributed by atoms with Crippen molar-refractivity contribution < 1.29 is 18.4 Å². The fraction of sp³-hybridized carbons (Fsp3) is 0.600. The minimum Gasteiger partial charge on any atom is -0.392 e. The predicted molar refractivity (Wildman–Crippen MR) is 87.3 cm³/mol. The first kappa shape index (κ1) is 17.7. The lowest BCUT2D eigenvalue weighted by atomic mass is 9.73. The highest BCUT2D eigenvalue weighted by molar-refractivity contribution is 7.90. The second kappa shape index (κ2) is 6.45. The minimum atomic E-state index is -3.70. The Bertz CT molecular complexity index is 704. The molecule has 1 aliphatic rings. The maximum absolute atomic E-state index is 11.8. The summed E-state index contributed by atoms with van der Waals surface area (Å²) in [4.78, 5) is 9.96. The lowest BCUT2D eigenvalue weighted by Gasteiger charge is -2.38. The first-order valence-corrected chi connectivity index (χ1v) is 9.43. The van der Waals surface area contributed by atoms with Crippen LogP contribution in [-0.2, 0) is 9.84 Å². The van der Waals surface area contributed by atoms with Crippen molar-refractivity contribution in [1.82, 2.24) is 0 Å². The summed E-state index contributed by atoms with van der Waals surface area (Å²) in [6.07, 6.45) is 4.23. The fourth-order valence-corrected chi connectivity index (χ4v) is 3.83. The van der Waals surface area contributed by atoms with Gasteiger partial charge in [0, 0.05) is 30.0 Å². The molecule has 0 bridgehead atoms. The number of nitrogens with zero attached hydrogens (tertiary/aromatic N) is 1. The predicted octanol–water partition coefficient (Wildman–Crippen LogP) is 2.35. The van der Waals surface area contributed by atoms with Crippen LogP contribution in [0.15, 0.2) is 23.1 Å². The molecule has 2 N–H and O–H groups in total. The third-order valence-corrected chi connectivity index (χ3v) is 5.66. The largest absolute Gasteiger partial charge is 0.392 e. The molecule has 0 saturated heterocycles. The Balaban J connectivity index is 2.23. The third-order valence-electron chi connectivity index (χ3n) is 4.53. The van der Waals surface area contributed by atoms with E-state index in [4.69, 9.17) is 0 Å². The molecule has 1 fully saturated rings. The van der Waals surface area contributed by atoms with Crippen molar-refractivity contribution in [3.8, 4) is 0 Å². The van der Waals surface area contributed by atoms with Crippen molar-refractivity contribution in [3.63, 3.8) is 0 Å². The molecule has 1 aromatic rings. The van der Waals surface area contributed by atoms with Crippen LogP contribution < -0.4 is 5.32 Å². The summed E-state index contributed by atoms with van der Waals surface area (Å²) in [7, 11) is -3.70. The van der Waals surface area contributed by atoms with Crippen LogP contribution in [0.3, 0.4) is 0 Å². The highest BCUT2D eigenvalue weighted by Gasteiger charge is 2.35. The van der Waals surface area contributed by atoms with Gasteiger partial charge in [0.1, 0.15) is 4.90 Å². The van der Waals surface area contributed by atoms with E-state index in [-0.39, 0.29) is 10.3 Å². The number of nitrogens with one attached hydrogen (secondary N) is 1. The van der Waals surface area contributed by atoms with Gasteiger partial charge in [-0.1, -0.05) is 19.8 Å². The van der Waals surface area contributed by atoms with Gasteiger partial charge in [-0.25, -0.2) is 8.42 Å². The van der Waals surface area contributed by atoms with E-state index in [0.717, 1.165) is 31.9 Å². The third kappa shape index (κ3) is 4.00. The van der Waals surface area contributed by atoms with Crippen molar-refractivity contribution in [2.45, 2.75) is 43.6 Å². The molecule has 23 heavy (non-hydrogen) atoms. The van der Waals surface area contributed by atoms with Gasteiger partial charge in [0.25, 0.3) is 5.69 Å². The van der Waals surface area contributed by atoms with Crippen molar-refractivity contribution in [2.24, 2.45) is 5.41 Å². The van der Waals surface area contributed by atoms with Crippen LogP contribution in [0.4, 0.5) is 11.4 Å². The van der Waals surface area contributed by atoms with Gasteiger partial charge in [-0.05, 0) is 25.0 Å². The zero-order chi connectivity index (χ0) is 17.3. The van der Waals surface area contributed by atoms with Crippen molar-refractivity contribution in [2.75, 3.05) is 18.1 Å². The van der Waals surface area contributed by atoms with Crippen molar-refractivity contribution >= 4 is 21.2 Å². The zero-order valence-electron chi connectivity index (χ0n) is 13.3. The van der Waals surface area contributed by atoms with Crippen molar-refractivity contribution in [1.29, 1.82) is 0 Å². The number of benzene rings is 1. The molecule has 0 aromatic heterocycles. The Morgan fingerprint density at radius 3 is 2.70 bits per heavy atom. The maximum atomic E-state index is 11.8. The van der Waals surface area contributed by atoms with Gasteiger partial charge in [-0.2, -0.15) is 0 Å². The first-order valence-electron chi connectivity index (χ1n) is 7.54. The average molecular weight is 342 g/mol. The zero-order valence-corrected chi connectivity index (χ0v) is 14.1. The van der Waals surface area contributed by atoms with Gasteiger partial charge in [-0.15, -0.1) is 0 Å². The lowest BCUT2D eigenvalue weighted by molar-refractivity contribution is -0.387. The molecule has 7 nitrogen and oxygen atoms in total. The van der Waals surface area contributed by atoms with Crippen LogP contribution in [0.25, 0.3) is 0 Å². The molecule has 0 aliphatic heterocycles. The molecule has 1 aliphatic carbocycles. The summed E-state index contributed by atoms with van der Waals surface area (Å²) in [6, 6.07) is 3.97. The van der Waals surface area contributed by atoms with E-state index < -0.39 is 26.6 Å². The van der Waals surface area contributed by atoms with E-state index in [9.17, 15) is 23.6 Å². The van der Waals surface area contributed by atoms with Crippen molar-refractivity contribution in [3.05, 3.63) is 28.3 Å². The minimum absolute atomic E-state index is 0.286. The Morgan fingerprint density at radius 2 is 2.13 bits per heavy atom. The Hall–Kier alpha value is -1.67. The van der Waals surface area contributed by atoms with E-state index >= 15 is 0 Å². The number of hydrogen-bond acceptors (Lipinski definition) is 6. The molecule has 128 valence electrons. The van der Waals surface area contributed by atoms with Crippen LogP contribution in [-0.4, -0.2) is 37.4 Å². The van der Waals surface area contributed by atoms with Gasteiger partial charge in [0.15, 0.2) is 9.84 Å². The summed E-state index contributed by atoms with van der Waals surface area (Å²) >= 11 is 0. The molecule has 2 rings (SSSR count). The van der Waals surface area contributed by atoms with E-state index in [2.05, 4.69) is 5.32 Å². The number of rotatable bonds is 5. The van der Waals surface area contributed by atoms with Gasteiger partial charge in [-0.3, -0.25) is 10.1 Å². The summed E-state index contributed by atoms with van der Waals surface area (Å²) in [5.74, 6) is 0. The number of aliphatic hydroxyl groups excluding tert-OH is 1. The summed E-state index contributed by atoms with van der Waals surface area (Å²) in [5.41, 5.74) is -0.220. The number of hydrogen-bond donors (Lipinski definition) is 2. The standard InChI is InChI=1S/C15H22N2O5S/c1-15(8-4-3-5-14(15)18)10-16-11-6-7-12(17(19)20)13(9-11)23(2,21)22/h6-7,9,14,16,18H,3-5,8,10H2,1-2H3. The number of nitro benzene ring substituents is 1. The SMILES string of the molecule is CC1(CNc2ccc([N+](=O)[O-])c(S(C)(=O)=O)c2)CCCCC1O. The van der Waals surface area contributed by atoms with Gasteiger partial charge in [0.2, 0.25) is 0 Å². The normalized spacial score (nSPS) is 25.1. The Kier molecular flexibility index (Phi) is 4.95. The summed E-state index contributed by atoms with van der Waals surface area (Å²) in [5, 5.41) is 24.3.